The maximum atomic E-state index is 12.6. The second-order valence-corrected chi connectivity index (χ2v) is 13.8. The molecule has 0 spiro atoms. The van der Waals surface area contributed by atoms with Crippen LogP contribution < -0.4 is 24.8 Å². The van der Waals surface area contributed by atoms with Gasteiger partial charge in [-0.1, -0.05) is 64.7 Å². The fraction of sp³-hybridized carbons (Fsp3) is 0.913. The topological polar surface area (TPSA) is 20.3 Å². The Morgan fingerprint density at radius 2 is 1.03 bits per heavy atom. The normalized spacial score (nSPS) is 25.0. The summed E-state index contributed by atoms with van der Waals surface area (Å²) in [7, 11) is 0. The van der Waals surface area contributed by atoms with Gasteiger partial charge in [0.2, 0.25) is 5.91 Å². The Hall–Kier alpha value is 0.973. The van der Waals surface area contributed by atoms with E-state index in [0.717, 1.165) is 36.4 Å². The number of amides is 1. The Kier molecular flexibility index (Phi) is 13.0. The average Bonchev–Trinajstić information content (AvgIpc) is 3.12. The molecule has 4 rings (SSSR count). The van der Waals surface area contributed by atoms with Crippen LogP contribution in [0.25, 0.3) is 0 Å². The van der Waals surface area contributed by atoms with E-state index in [1.54, 1.807) is 0 Å². The third-order valence-electron chi connectivity index (χ3n) is 8.07. The molecule has 4 aliphatic rings. The molecular weight excluding hydrogens is 509 g/mol. The Morgan fingerprint density at radius 1 is 0.655 bits per heavy atom. The van der Waals surface area contributed by atoms with Crippen LogP contribution in [0, 0.1) is 0 Å². The van der Waals surface area contributed by atoms with E-state index in [4.69, 9.17) is 0 Å². The van der Waals surface area contributed by atoms with E-state index in [0.29, 0.717) is 5.91 Å². The molecule has 6 heteroatoms. The minimum atomic E-state index is -1.23. The minimum absolute atomic E-state index is 0. The average molecular weight is 550 g/mol. The summed E-state index contributed by atoms with van der Waals surface area (Å²) in [5.74, 6) is 3.15. The number of rotatable bonds is 4. The van der Waals surface area contributed by atoms with Crippen molar-refractivity contribution >= 4 is 18.7 Å². The zero-order chi connectivity index (χ0) is 17.8. The number of carbonyl (C=O) groups is 1. The van der Waals surface area contributed by atoms with Gasteiger partial charge in [-0.05, 0) is 61.9 Å². The molecule has 1 saturated heterocycles. The van der Waals surface area contributed by atoms with E-state index in [1.807, 2.05) is 0 Å². The van der Waals surface area contributed by atoms with Crippen molar-refractivity contribution in [3.63, 3.8) is 0 Å². The van der Waals surface area contributed by atoms with Gasteiger partial charge in [0.1, 0.15) is 0 Å². The van der Waals surface area contributed by atoms with Gasteiger partial charge >= 0.3 is 19.5 Å². The Labute approximate surface area is 204 Å². The van der Waals surface area contributed by atoms with E-state index in [1.165, 1.54) is 96.3 Å². The molecule has 0 aromatic heterocycles. The van der Waals surface area contributed by atoms with Gasteiger partial charge in [0.15, 0.2) is 0 Å². The number of nitrogens with zero attached hydrogens (tertiary/aromatic N) is 1. The fourth-order valence-corrected chi connectivity index (χ4v) is 13.7. The molecule has 2 nitrogen and oxygen atoms in total. The van der Waals surface area contributed by atoms with Gasteiger partial charge in [0.25, 0.3) is 0 Å². The van der Waals surface area contributed by atoms with Crippen molar-refractivity contribution in [1.82, 2.24) is 4.90 Å². The van der Waals surface area contributed by atoms with Gasteiger partial charge in [0.05, 0.1) is 0 Å². The zero-order valence-electron chi connectivity index (χ0n) is 17.9. The predicted octanol–water partition coefficient (Wildman–Crippen LogP) is 0.390. The third-order valence-corrected chi connectivity index (χ3v) is 14.1. The van der Waals surface area contributed by atoms with Crippen LogP contribution in [0.15, 0.2) is 0 Å². The second-order valence-electron chi connectivity index (χ2n) is 9.58. The van der Waals surface area contributed by atoms with E-state index >= 15 is 0 Å². The zero-order valence-corrected chi connectivity index (χ0v) is 22.1. The molecule has 0 unspecified atom stereocenters. The first kappa shape index (κ1) is 28.0. The largest absolute Gasteiger partial charge is 2.00 e. The standard InChI is InChI=1S/C23H40NOP.2ClH.Ru/c25-23-17-10-18-24(23)19-26(20-11-4-1-5-12-20,21-13-6-2-7-14-21)22-15-8-3-9-16-22;;;/h19-22H,1-18H2;2*1H;/q;;;+2/p-2. The van der Waals surface area contributed by atoms with Gasteiger partial charge in [-0.25, -0.2) is 0 Å². The quantitative estimate of drug-likeness (QED) is 0.367. The van der Waals surface area contributed by atoms with Crippen molar-refractivity contribution in [2.24, 2.45) is 0 Å². The predicted molar refractivity (Wildman–Crippen MR) is 115 cm³/mol. The summed E-state index contributed by atoms with van der Waals surface area (Å²) in [6, 6.07) is 0. The van der Waals surface area contributed by atoms with Gasteiger partial charge in [-0.3, -0.25) is 4.79 Å². The van der Waals surface area contributed by atoms with Crippen LogP contribution in [0.1, 0.15) is 109 Å². The molecule has 0 bridgehead atoms. The molecule has 1 aliphatic heterocycles. The van der Waals surface area contributed by atoms with Crippen LogP contribution in [0.3, 0.4) is 0 Å². The first-order valence-electron chi connectivity index (χ1n) is 11.8. The van der Waals surface area contributed by atoms with E-state index in [-0.39, 0.29) is 44.3 Å². The maximum absolute atomic E-state index is 12.6. The van der Waals surface area contributed by atoms with Gasteiger partial charge in [-0.2, -0.15) is 0 Å². The molecule has 1 heterocycles. The number of hydrogen-bond donors (Lipinski definition) is 0. The van der Waals surface area contributed by atoms with Crippen molar-refractivity contribution in [2.45, 2.75) is 126 Å². The van der Waals surface area contributed by atoms with Crippen LogP contribution in [0.5, 0.6) is 0 Å². The molecule has 3 aliphatic carbocycles. The van der Waals surface area contributed by atoms with Crippen LogP contribution >= 0.6 is 6.89 Å². The summed E-state index contributed by atoms with van der Waals surface area (Å²) in [6.45, 7) is -0.208. The number of hydrogen-bond acceptors (Lipinski definition) is 1. The monoisotopic (exact) mass is 549 g/mol. The van der Waals surface area contributed by atoms with E-state index in [9.17, 15) is 4.79 Å². The van der Waals surface area contributed by atoms with Crippen molar-refractivity contribution < 1.29 is 49.1 Å². The molecule has 29 heavy (non-hydrogen) atoms. The number of likely N-dealkylation sites (tertiary alicyclic amines) is 1. The van der Waals surface area contributed by atoms with Crippen molar-refractivity contribution in [3.8, 4) is 0 Å². The van der Waals surface area contributed by atoms with Crippen molar-refractivity contribution in [3.05, 3.63) is 0 Å². The second kappa shape index (κ2) is 13.5. The summed E-state index contributed by atoms with van der Waals surface area (Å²) in [5, 5.41) is 0. The summed E-state index contributed by atoms with van der Waals surface area (Å²) in [5.41, 5.74) is 2.86. The summed E-state index contributed by atoms with van der Waals surface area (Å²) in [6.07, 6.45) is 23.8. The molecule has 0 aromatic carbocycles. The molecule has 0 N–H and O–H groups in total. The molecule has 0 atom stereocenters. The summed E-state index contributed by atoms with van der Waals surface area (Å²) < 4.78 is 0. The third kappa shape index (κ3) is 6.27. The van der Waals surface area contributed by atoms with Crippen LogP contribution in [-0.4, -0.2) is 40.2 Å². The van der Waals surface area contributed by atoms with E-state index < -0.39 is 6.89 Å². The molecule has 4 fully saturated rings. The van der Waals surface area contributed by atoms with Gasteiger partial charge < -0.3 is 29.7 Å². The Bertz CT molecular complexity index is 489. The number of halogens is 2. The fourth-order valence-electron chi connectivity index (χ4n) is 6.79. The number of carbonyl (C=O) groups excluding carboxylic acids is 1. The first-order valence-corrected chi connectivity index (χ1v) is 13.9. The SMILES string of the molecule is O=C1CCCN1C=P(C1CCCCC1)(C1CCCCC1)C1CCCCC1.[Cl-].[Cl-].[Ru+2]. The van der Waals surface area contributed by atoms with Crippen molar-refractivity contribution in [2.75, 3.05) is 6.54 Å². The molecular formula is C23H40Cl2NOPRu. The van der Waals surface area contributed by atoms with Crippen LogP contribution in [-0.2, 0) is 24.3 Å². The Balaban J connectivity index is 0.00000140. The van der Waals surface area contributed by atoms with Crippen LogP contribution in [0.2, 0.25) is 0 Å². The van der Waals surface area contributed by atoms with E-state index in [2.05, 4.69) is 10.8 Å². The molecule has 0 aromatic rings. The molecule has 1 amide bonds. The molecule has 3 saturated carbocycles. The maximum Gasteiger partial charge on any atom is 2.00 e. The van der Waals surface area contributed by atoms with Crippen LogP contribution in [0.4, 0.5) is 0 Å². The minimum Gasteiger partial charge on any atom is -1.00 e. The summed E-state index contributed by atoms with van der Waals surface area (Å²) >= 11 is 0. The first-order chi connectivity index (χ1) is 12.8. The summed E-state index contributed by atoms with van der Waals surface area (Å²) in [4.78, 5) is 14.9. The molecule has 170 valence electrons. The Morgan fingerprint density at radius 3 is 1.34 bits per heavy atom. The smallest absolute Gasteiger partial charge is 1.00 e. The molecule has 0 radical (unpaired) electrons. The van der Waals surface area contributed by atoms with Crippen molar-refractivity contribution in [1.29, 1.82) is 0 Å². The van der Waals surface area contributed by atoms with Gasteiger partial charge in [-0.15, -0.1) is 0 Å². The van der Waals surface area contributed by atoms with Gasteiger partial charge in [0, 0.05) is 18.9 Å².